The highest BCUT2D eigenvalue weighted by molar-refractivity contribution is 5.38. The molecule has 2 rings (SSSR count). The van der Waals surface area contributed by atoms with Crippen LogP contribution in [0, 0.1) is 17.8 Å². The normalized spacial score (nSPS) is 35.1. The van der Waals surface area contributed by atoms with Crippen molar-refractivity contribution in [3.63, 3.8) is 0 Å². The van der Waals surface area contributed by atoms with Gasteiger partial charge in [0.2, 0.25) is 0 Å². The third-order valence-electron chi connectivity index (χ3n) is 4.41. The van der Waals surface area contributed by atoms with Crippen molar-refractivity contribution in [3.05, 3.63) is 22.8 Å². The Bertz CT molecular complexity index is 335. The highest BCUT2D eigenvalue weighted by Gasteiger charge is 2.33. The van der Waals surface area contributed by atoms with Crippen molar-refractivity contribution in [2.24, 2.45) is 17.8 Å². The molecule has 1 N–H and O–H groups in total. The number of rotatable bonds is 1. The van der Waals surface area contributed by atoms with Crippen LogP contribution in [0.1, 0.15) is 47.0 Å². The summed E-state index contributed by atoms with van der Waals surface area (Å²) in [6, 6.07) is 0. The second-order valence-corrected chi connectivity index (χ2v) is 5.90. The molecule has 0 saturated carbocycles. The van der Waals surface area contributed by atoms with Gasteiger partial charge in [-0.3, -0.25) is 0 Å². The van der Waals surface area contributed by atoms with Crippen LogP contribution >= 0.6 is 0 Å². The van der Waals surface area contributed by atoms with Gasteiger partial charge in [-0.05, 0) is 55.1 Å². The summed E-state index contributed by atoms with van der Waals surface area (Å²) in [5.41, 5.74) is 4.34. The zero-order valence-electron chi connectivity index (χ0n) is 11.0. The number of hydrogen-bond acceptors (Lipinski definition) is 1. The summed E-state index contributed by atoms with van der Waals surface area (Å²) in [7, 11) is 0. The third-order valence-corrected chi connectivity index (χ3v) is 4.41. The minimum atomic E-state index is -0.206. The van der Waals surface area contributed by atoms with E-state index in [1.54, 1.807) is 11.1 Å². The average Bonchev–Trinajstić information content (AvgIpc) is 2.21. The van der Waals surface area contributed by atoms with E-state index in [1.165, 1.54) is 12.8 Å². The monoisotopic (exact) mass is 220 g/mol. The molecule has 0 bridgehead atoms. The molecule has 0 aromatic rings. The van der Waals surface area contributed by atoms with Crippen molar-refractivity contribution in [1.82, 2.24) is 0 Å². The van der Waals surface area contributed by atoms with Gasteiger partial charge in [-0.1, -0.05) is 32.4 Å². The number of aliphatic hydroxyl groups excluding tert-OH is 1. The molecular weight excluding hydrogens is 196 g/mol. The van der Waals surface area contributed by atoms with Gasteiger partial charge in [-0.25, -0.2) is 0 Å². The van der Waals surface area contributed by atoms with Crippen molar-refractivity contribution in [1.29, 1.82) is 0 Å². The van der Waals surface area contributed by atoms with E-state index in [9.17, 15) is 5.11 Å². The number of allylic oxidation sites excluding steroid dienone is 3. The predicted octanol–water partition coefficient (Wildman–Crippen LogP) is 3.70. The molecule has 1 heteroatoms. The molecule has 90 valence electrons. The van der Waals surface area contributed by atoms with Crippen LogP contribution in [-0.2, 0) is 0 Å². The smallest absolute Gasteiger partial charge is 0.0756 e. The molecule has 2 aliphatic carbocycles. The SMILES string of the molecule is CC1=CC2=C(C(C)C)CCC(C)C2CC1O. The van der Waals surface area contributed by atoms with Crippen LogP contribution in [0.5, 0.6) is 0 Å². The van der Waals surface area contributed by atoms with Gasteiger partial charge in [-0.2, -0.15) is 0 Å². The Morgan fingerprint density at radius 2 is 2.06 bits per heavy atom. The van der Waals surface area contributed by atoms with Crippen LogP contribution in [0.3, 0.4) is 0 Å². The fraction of sp³-hybridized carbons (Fsp3) is 0.733. The van der Waals surface area contributed by atoms with E-state index >= 15 is 0 Å². The third kappa shape index (κ3) is 1.98. The molecule has 0 fully saturated rings. The molecule has 0 spiro atoms. The quantitative estimate of drug-likeness (QED) is 0.714. The predicted molar refractivity (Wildman–Crippen MR) is 68.1 cm³/mol. The van der Waals surface area contributed by atoms with Crippen molar-refractivity contribution < 1.29 is 5.11 Å². The maximum atomic E-state index is 9.97. The number of aliphatic hydroxyl groups is 1. The zero-order valence-corrected chi connectivity index (χ0v) is 11.0. The van der Waals surface area contributed by atoms with Gasteiger partial charge in [-0.15, -0.1) is 0 Å². The van der Waals surface area contributed by atoms with E-state index in [0.29, 0.717) is 11.8 Å². The molecule has 16 heavy (non-hydrogen) atoms. The Morgan fingerprint density at radius 1 is 1.38 bits per heavy atom. The van der Waals surface area contributed by atoms with Gasteiger partial charge in [0.1, 0.15) is 0 Å². The molecule has 3 atom stereocenters. The summed E-state index contributed by atoms with van der Waals surface area (Å²) in [6.45, 7) is 8.99. The van der Waals surface area contributed by atoms with Crippen molar-refractivity contribution in [2.45, 2.75) is 53.1 Å². The maximum absolute atomic E-state index is 9.97. The standard InChI is InChI=1S/C15H24O/c1-9(2)12-6-5-10(3)13-8-15(16)11(4)7-14(12)13/h7,9-10,13,15-16H,5-6,8H2,1-4H3. The lowest BCUT2D eigenvalue weighted by Crippen LogP contribution is -2.30. The van der Waals surface area contributed by atoms with Crippen molar-refractivity contribution >= 4 is 0 Å². The molecule has 0 saturated heterocycles. The van der Waals surface area contributed by atoms with Crippen molar-refractivity contribution in [2.75, 3.05) is 0 Å². The number of fused-ring (bicyclic) bond motifs is 1. The molecule has 3 unspecified atom stereocenters. The topological polar surface area (TPSA) is 20.2 Å². The summed E-state index contributed by atoms with van der Waals surface area (Å²) in [4.78, 5) is 0. The van der Waals surface area contributed by atoms with Gasteiger partial charge in [0.05, 0.1) is 6.10 Å². The lowest BCUT2D eigenvalue weighted by molar-refractivity contribution is 0.155. The van der Waals surface area contributed by atoms with E-state index in [2.05, 4.69) is 33.8 Å². The Morgan fingerprint density at radius 3 is 2.69 bits per heavy atom. The number of hydrogen-bond donors (Lipinski definition) is 1. The Kier molecular flexibility index (Phi) is 3.25. The van der Waals surface area contributed by atoms with Crippen LogP contribution < -0.4 is 0 Å². The zero-order chi connectivity index (χ0) is 11.9. The molecule has 0 radical (unpaired) electrons. The summed E-state index contributed by atoms with van der Waals surface area (Å²) in [6.07, 6.45) is 5.55. The van der Waals surface area contributed by atoms with Crippen LogP contribution in [0.25, 0.3) is 0 Å². The molecule has 0 aromatic heterocycles. The first kappa shape index (κ1) is 11.9. The van der Waals surface area contributed by atoms with Crippen LogP contribution in [0.2, 0.25) is 0 Å². The molecule has 2 aliphatic rings. The van der Waals surface area contributed by atoms with Gasteiger partial charge in [0, 0.05) is 0 Å². The van der Waals surface area contributed by atoms with E-state index in [4.69, 9.17) is 0 Å². The lowest BCUT2D eigenvalue weighted by atomic mass is 9.68. The van der Waals surface area contributed by atoms with Gasteiger partial charge in [0.25, 0.3) is 0 Å². The molecular formula is C15H24O. The van der Waals surface area contributed by atoms with Gasteiger partial charge < -0.3 is 5.11 Å². The highest BCUT2D eigenvalue weighted by atomic mass is 16.3. The second-order valence-electron chi connectivity index (χ2n) is 5.90. The van der Waals surface area contributed by atoms with Crippen LogP contribution in [0.15, 0.2) is 22.8 Å². The Labute approximate surface area is 99.3 Å². The maximum Gasteiger partial charge on any atom is 0.0756 e. The van der Waals surface area contributed by atoms with Crippen LogP contribution in [-0.4, -0.2) is 11.2 Å². The minimum absolute atomic E-state index is 0.206. The van der Waals surface area contributed by atoms with E-state index in [1.807, 2.05) is 0 Å². The molecule has 0 heterocycles. The fourth-order valence-electron chi connectivity index (χ4n) is 3.22. The fourth-order valence-corrected chi connectivity index (χ4v) is 3.22. The first-order valence-electron chi connectivity index (χ1n) is 6.60. The Hall–Kier alpha value is -0.560. The Balaban J connectivity index is 2.43. The summed E-state index contributed by atoms with van der Waals surface area (Å²) in [5.74, 6) is 1.99. The largest absolute Gasteiger partial charge is 0.389 e. The molecule has 0 aliphatic heterocycles. The first-order valence-corrected chi connectivity index (χ1v) is 6.60. The average molecular weight is 220 g/mol. The second kappa shape index (κ2) is 4.37. The van der Waals surface area contributed by atoms with Gasteiger partial charge in [0.15, 0.2) is 0 Å². The first-order chi connectivity index (χ1) is 7.50. The highest BCUT2D eigenvalue weighted by Crippen LogP contribution is 2.44. The summed E-state index contributed by atoms with van der Waals surface area (Å²) in [5, 5.41) is 9.97. The summed E-state index contributed by atoms with van der Waals surface area (Å²) >= 11 is 0. The molecule has 1 nitrogen and oxygen atoms in total. The summed E-state index contributed by atoms with van der Waals surface area (Å²) < 4.78 is 0. The lowest BCUT2D eigenvalue weighted by Gasteiger charge is -2.38. The van der Waals surface area contributed by atoms with Crippen LogP contribution in [0.4, 0.5) is 0 Å². The van der Waals surface area contributed by atoms with Crippen molar-refractivity contribution in [3.8, 4) is 0 Å². The van der Waals surface area contributed by atoms with E-state index in [-0.39, 0.29) is 6.10 Å². The molecule has 0 aromatic carbocycles. The molecule has 0 amide bonds. The van der Waals surface area contributed by atoms with E-state index in [0.717, 1.165) is 17.9 Å². The minimum Gasteiger partial charge on any atom is -0.389 e. The van der Waals surface area contributed by atoms with E-state index < -0.39 is 0 Å². The van der Waals surface area contributed by atoms with Gasteiger partial charge >= 0.3 is 0 Å².